The van der Waals surface area contributed by atoms with E-state index in [0.29, 0.717) is 24.1 Å². The van der Waals surface area contributed by atoms with Crippen LogP contribution in [-0.4, -0.2) is 39.6 Å². The molecule has 29 heavy (non-hydrogen) atoms. The number of hydrogen-bond donors (Lipinski definition) is 1. The van der Waals surface area contributed by atoms with Crippen LogP contribution >= 0.6 is 11.8 Å². The van der Waals surface area contributed by atoms with Crippen molar-refractivity contribution in [3.8, 4) is 5.75 Å². The van der Waals surface area contributed by atoms with Gasteiger partial charge in [0, 0.05) is 30.5 Å². The van der Waals surface area contributed by atoms with Crippen LogP contribution in [0.1, 0.15) is 79.7 Å². The van der Waals surface area contributed by atoms with Crippen LogP contribution in [0.3, 0.4) is 0 Å². The fourth-order valence-electron chi connectivity index (χ4n) is 4.45. The van der Waals surface area contributed by atoms with Gasteiger partial charge in [-0.3, -0.25) is 4.79 Å². The molecule has 0 bridgehead atoms. The van der Waals surface area contributed by atoms with Crippen LogP contribution in [0.2, 0.25) is 0 Å². The molecule has 1 aromatic heterocycles. The average molecular weight is 415 g/mol. The molecule has 0 saturated heterocycles. The molecular weight excluding hydrogens is 384 g/mol. The fraction of sp³-hybridized carbons (Fsp3) is 0.591. The van der Waals surface area contributed by atoms with Gasteiger partial charge in [0.15, 0.2) is 5.16 Å². The largest absolute Gasteiger partial charge is 0.489 e. The van der Waals surface area contributed by atoms with Crippen LogP contribution in [0.15, 0.2) is 23.4 Å². The van der Waals surface area contributed by atoms with E-state index in [1.807, 2.05) is 12.1 Å². The molecule has 1 amide bonds. The van der Waals surface area contributed by atoms with Gasteiger partial charge in [-0.15, -0.1) is 10.2 Å². The van der Waals surface area contributed by atoms with E-state index in [2.05, 4.69) is 46.3 Å². The van der Waals surface area contributed by atoms with Crippen LogP contribution in [0.4, 0.5) is 0 Å². The predicted molar refractivity (Wildman–Crippen MR) is 115 cm³/mol. The second-order valence-corrected chi connectivity index (χ2v) is 8.88. The molecule has 0 radical (unpaired) electrons. The van der Waals surface area contributed by atoms with E-state index in [9.17, 15) is 4.79 Å². The van der Waals surface area contributed by atoms with Crippen molar-refractivity contribution in [2.24, 2.45) is 0 Å². The molecule has 2 unspecified atom stereocenters. The number of carbonyl (C=O) groups is 1. The Morgan fingerprint density at radius 3 is 2.83 bits per heavy atom. The number of rotatable bonds is 7. The fourth-order valence-corrected chi connectivity index (χ4v) is 5.03. The van der Waals surface area contributed by atoms with Gasteiger partial charge in [-0.1, -0.05) is 43.7 Å². The van der Waals surface area contributed by atoms with Crippen molar-refractivity contribution < 1.29 is 9.53 Å². The van der Waals surface area contributed by atoms with Crippen LogP contribution in [0.25, 0.3) is 0 Å². The number of para-hydroxylation sites is 1. The summed E-state index contributed by atoms with van der Waals surface area (Å²) in [7, 11) is 0. The number of hydrogen-bond acceptors (Lipinski definition) is 5. The topological polar surface area (TPSA) is 69.0 Å². The molecule has 1 aromatic carbocycles. The van der Waals surface area contributed by atoms with Gasteiger partial charge < -0.3 is 14.6 Å². The molecule has 1 saturated carbocycles. The first kappa shape index (κ1) is 20.3. The second kappa shape index (κ2) is 8.78. The maximum absolute atomic E-state index is 12.7. The summed E-state index contributed by atoms with van der Waals surface area (Å²) >= 11 is 1.66. The van der Waals surface area contributed by atoms with Crippen molar-refractivity contribution in [2.45, 2.75) is 75.6 Å². The lowest BCUT2D eigenvalue weighted by Crippen LogP contribution is -2.25. The number of ether oxygens (including phenoxy) is 1. The molecule has 7 heteroatoms. The van der Waals surface area contributed by atoms with Gasteiger partial charge in [0.05, 0.1) is 5.56 Å². The smallest absolute Gasteiger partial charge is 0.255 e. The van der Waals surface area contributed by atoms with Gasteiger partial charge in [-0.2, -0.15) is 0 Å². The van der Waals surface area contributed by atoms with Crippen LogP contribution in [0.5, 0.6) is 5.75 Å². The first-order valence-corrected chi connectivity index (χ1v) is 11.9. The third kappa shape index (κ3) is 4.02. The van der Waals surface area contributed by atoms with E-state index in [1.165, 1.54) is 25.7 Å². The maximum atomic E-state index is 12.7. The van der Waals surface area contributed by atoms with Crippen molar-refractivity contribution in [1.29, 1.82) is 0 Å². The summed E-state index contributed by atoms with van der Waals surface area (Å²) in [5, 5.41) is 12.9. The number of nitrogens with zero attached hydrogens (tertiary/aromatic N) is 3. The third-order valence-electron chi connectivity index (χ3n) is 6.26. The number of thioether (sulfide) groups is 1. The highest BCUT2D eigenvalue weighted by Crippen LogP contribution is 2.40. The van der Waals surface area contributed by atoms with Gasteiger partial charge in [0.25, 0.3) is 5.91 Å². The molecule has 4 rings (SSSR count). The standard InChI is InChI=1S/C22H30N4O2S/c1-14-15(2)28-20-17(14)10-6-11-18(20)21(27)23-13-7-12-19-24-25-22(29-3)26(19)16-8-4-5-9-16/h6,10-11,14-16H,4-5,7-9,12-13H2,1-3H3,(H,23,27). The van der Waals surface area contributed by atoms with Gasteiger partial charge in [-0.25, -0.2) is 0 Å². The Hall–Kier alpha value is -2.02. The monoisotopic (exact) mass is 414 g/mol. The Balaban J connectivity index is 1.35. The minimum Gasteiger partial charge on any atom is -0.489 e. The number of benzene rings is 1. The molecule has 2 heterocycles. The van der Waals surface area contributed by atoms with E-state index in [0.717, 1.165) is 35.1 Å². The molecule has 1 aliphatic heterocycles. The van der Waals surface area contributed by atoms with Gasteiger partial charge in [0.1, 0.15) is 17.7 Å². The molecule has 1 fully saturated rings. The number of carbonyl (C=O) groups excluding carboxylic acids is 1. The van der Waals surface area contributed by atoms with Crippen molar-refractivity contribution in [3.63, 3.8) is 0 Å². The summed E-state index contributed by atoms with van der Waals surface area (Å²) in [4.78, 5) is 12.7. The molecule has 1 aliphatic carbocycles. The molecule has 2 atom stereocenters. The van der Waals surface area contributed by atoms with Gasteiger partial charge in [0.2, 0.25) is 0 Å². The van der Waals surface area contributed by atoms with Crippen molar-refractivity contribution in [2.75, 3.05) is 12.8 Å². The lowest BCUT2D eigenvalue weighted by Gasteiger charge is -2.16. The number of aromatic nitrogens is 3. The summed E-state index contributed by atoms with van der Waals surface area (Å²) < 4.78 is 8.28. The van der Waals surface area contributed by atoms with Crippen molar-refractivity contribution >= 4 is 17.7 Å². The van der Waals surface area contributed by atoms with Crippen LogP contribution < -0.4 is 10.1 Å². The van der Waals surface area contributed by atoms with Crippen LogP contribution in [-0.2, 0) is 6.42 Å². The number of fused-ring (bicyclic) bond motifs is 1. The molecule has 6 nitrogen and oxygen atoms in total. The SMILES string of the molecule is CSc1nnc(CCCNC(=O)c2cccc3c2OC(C)C3C)n1C1CCCC1. The molecule has 156 valence electrons. The lowest BCUT2D eigenvalue weighted by molar-refractivity contribution is 0.0948. The predicted octanol–water partition coefficient (Wildman–Crippen LogP) is 4.36. The summed E-state index contributed by atoms with van der Waals surface area (Å²) in [5.41, 5.74) is 1.76. The molecule has 2 aliphatic rings. The highest BCUT2D eigenvalue weighted by molar-refractivity contribution is 7.98. The first-order valence-electron chi connectivity index (χ1n) is 10.7. The minimum atomic E-state index is -0.0646. The van der Waals surface area contributed by atoms with E-state index in [1.54, 1.807) is 11.8 Å². The second-order valence-electron chi connectivity index (χ2n) is 8.11. The number of nitrogens with one attached hydrogen (secondary N) is 1. The Bertz CT molecular complexity index is 876. The normalized spacial score (nSPS) is 21.2. The third-order valence-corrected chi connectivity index (χ3v) is 6.90. The molecular formula is C22H30N4O2S. The zero-order valence-corrected chi connectivity index (χ0v) is 18.3. The Morgan fingerprint density at radius 1 is 1.28 bits per heavy atom. The number of aryl methyl sites for hydroxylation is 1. The zero-order valence-electron chi connectivity index (χ0n) is 17.5. The van der Waals surface area contributed by atoms with E-state index < -0.39 is 0 Å². The number of amides is 1. The van der Waals surface area contributed by atoms with Crippen molar-refractivity contribution in [3.05, 3.63) is 35.2 Å². The summed E-state index contributed by atoms with van der Waals surface area (Å²) in [6.45, 7) is 4.80. The van der Waals surface area contributed by atoms with E-state index >= 15 is 0 Å². The average Bonchev–Trinajstić information content (AvgIpc) is 3.44. The Morgan fingerprint density at radius 2 is 2.07 bits per heavy atom. The summed E-state index contributed by atoms with van der Waals surface area (Å²) in [5.74, 6) is 2.04. The lowest BCUT2D eigenvalue weighted by atomic mass is 9.97. The minimum absolute atomic E-state index is 0.0646. The maximum Gasteiger partial charge on any atom is 0.255 e. The zero-order chi connectivity index (χ0) is 20.4. The highest BCUT2D eigenvalue weighted by Gasteiger charge is 2.31. The molecule has 2 aromatic rings. The Labute approximate surface area is 176 Å². The first-order chi connectivity index (χ1) is 14.1. The molecule has 0 spiro atoms. The summed E-state index contributed by atoms with van der Waals surface area (Å²) in [6, 6.07) is 6.38. The highest BCUT2D eigenvalue weighted by atomic mass is 32.2. The molecule has 1 N–H and O–H groups in total. The van der Waals surface area contributed by atoms with Crippen LogP contribution in [0, 0.1) is 0 Å². The van der Waals surface area contributed by atoms with E-state index in [-0.39, 0.29) is 12.0 Å². The van der Waals surface area contributed by atoms with E-state index in [4.69, 9.17) is 4.74 Å². The van der Waals surface area contributed by atoms with Gasteiger partial charge >= 0.3 is 0 Å². The Kier molecular flexibility index (Phi) is 6.13. The van der Waals surface area contributed by atoms with Crippen molar-refractivity contribution in [1.82, 2.24) is 20.1 Å². The summed E-state index contributed by atoms with van der Waals surface area (Å²) in [6.07, 6.45) is 8.82. The van der Waals surface area contributed by atoms with Gasteiger partial charge in [-0.05, 0) is 38.5 Å². The quantitative estimate of drug-likeness (QED) is 0.538.